The van der Waals surface area contributed by atoms with Crippen LogP contribution < -0.4 is 4.74 Å². The zero-order chi connectivity index (χ0) is 13.1. The molecule has 1 aliphatic heterocycles. The molecule has 2 rings (SSSR count). The zero-order valence-corrected chi connectivity index (χ0v) is 10.9. The highest BCUT2D eigenvalue weighted by molar-refractivity contribution is 6.09. The third-order valence-corrected chi connectivity index (χ3v) is 3.08. The fourth-order valence-electron chi connectivity index (χ4n) is 1.90. The van der Waals surface area contributed by atoms with Crippen LogP contribution in [0.15, 0.2) is 17.1 Å². The molecule has 18 heavy (non-hydrogen) atoms. The van der Waals surface area contributed by atoms with E-state index in [0.717, 1.165) is 11.1 Å². The number of ketones is 1. The summed E-state index contributed by atoms with van der Waals surface area (Å²) in [5.74, 6) is 1.12. The first kappa shape index (κ1) is 12.6. The van der Waals surface area contributed by atoms with Crippen LogP contribution in [0.2, 0.25) is 0 Å². The van der Waals surface area contributed by atoms with Gasteiger partial charge in [0.15, 0.2) is 11.7 Å². The summed E-state index contributed by atoms with van der Waals surface area (Å²) in [6.07, 6.45) is 0.207. The van der Waals surface area contributed by atoms with Gasteiger partial charge in [-0.1, -0.05) is 0 Å². The summed E-state index contributed by atoms with van der Waals surface area (Å²) in [6, 6.07) is 3.76. The average Bonchev–Trinajstić information content (AvgIpc) is 2.84. The van der Waals surface area contributed by atoms with Gasteiger partial charge in [-0.2, -0.15) is 0 Å². The molecule has 0 amide bonds. The summed E-state index contributed by atoms with van der Waals surface area (Å²) < 4.78 is 10.5. The summed E-state index contributed by atoms with van der Waals surface area (Å²) in [6.45, 7) is 5.20. The molecule has 0 spiro atoms. The summed E-state index contributed by atoms with van der Waals surface area (Å²) in [7, 11) is 1.57. The minimum Gasteiger partial charge on any atom is -0.496 e. The first-order valence-corrected chi connectivity index (χ1v) is 5.96. The SMILES string of the molecule is COc1cc(C)c(C)cc1C(=O)CC1=NCCO1. The van der Waals surface area contributed by atoms with Gasteiger partial charge in [0, 0.05) is 0 Å². The molecule has 1 aliphatic rings. The number of ether oxygens (including phenoxy) is 2. The Morgan fingerprint density at radius 1 is 1.39 bits per heavy atom. The number of aliphatic imine (C=N–C) groups is 1. The summed E-state index contributed by atoms with van der Waals surface area (Å²) >= 11 is 0. The van der Waals surface area contributed by atoms with Gasteiger partial charge in [-0.3, -0.25) is 9.79 Å². The van der Waals surface area contributed by atoms with Gasteiger partial charge >= 0.3 is 0 Å². The number of aryl methyl sites for hydroxylation is 2. The van der Waals surface area contributed by atoms with E-state index in [4.69, 9.17) is 9.47 Å². The molecule has 0 unspecified atom stereocenters. The molecule has 1 aromatic carbocycles. The Morgan fingerprint density at radius 2 is 2.11 bits per heavy atom. The molecule has 0 aromatic heterocycles. The molecular formula is C14H17NO3. The van der Waals surface area contributed by atoms with Crippen molar-refractivity contribution in [2.75, 3.05) is 20.3 Å². The van der Waals surface area contributed by atoms with E-state index in [0.29, 0.717) is 30.4 Å². The van der Waals surface area contributed by atoms with E-state index in [9.17, 15) is 4.79 Å². The maximum Gasteiger partial charge on any atom is 0.191 e. The van der Waals surface area contributed by atoms with E-state index < -0.39 is 0 Å². The number of nitrogens with zero attached hydrogens (tertiary/aromatic N) is 1. The monoisotopic (exact) mass is 247 g/mol. The van der Waals surface area contributed by atoms with Crippen LogP contribution in [-0.4, -0.2) is 31.9 Å². The highest BCUT2D eigenvalue weighted by Gasteiger charge is 2.18. The largest absolute Gasteiger partial charge is 0.496 e. The number of Topliss-reactive ketones (excluding diaryl/α,β-unsaturated/α-hetero) is 1. The Morgan fingerprint density at radius 3 is 2.72 bits per heavy atom. The molecule has 0 radical (unpaired) electrons. The lowest BCUT2D eigenvalue weighted by Gasteiger charge is -2.11. The van der Waals surface area contributed by atoms with Crippen molar-refractivity contribution in [3.8, 4) is 5.75 Å². The van der Waals surface area contributed by atoms with Crippen molar-refractivity contribution >= 4 is 11.7 Å². The predicted molar refractivity (Wildman–Crippen MR) is 69.7 cm³/mol. The van der Waals surface area contributed by atoms with Crippen molar-refractivity contribution < 1.29 is 14.3 Å². The maximum atomic E-state index is 12.2. The molecule has 0 bridgehead atoms. The third-order valence-electron chi connectivity index (χ3n) is 3.08. The molecule has 0 N–H and O–H groups in total. The molecule has 1 heterocycles. The second-order valence-corrected chi connectivity index (χ2v) is 4.36. The molecule has 0 saturated carbocycles. The van der Waals surface area contributed by atoms with Crippen LogP contribution in [0.5, 0.6) is 5.75 Å². The third kappa shape index (κ3) is 2.53. The van der Waals surface area contributed by atoms with Crippen LogP contribution in [0.25, 0.3) is 0 Å². The fourth-order valence-corrected chi connectivity index (χ4v) is 1.90. The van der Waals surface area contributed by atoms with E-state index >= 15 is 0 Å². The second kappa shape index (κ2) is 5.21. The Balaban J connectivity index is 2.26. The van der Waals surface area contributed by atoms with Crippen molar-refractivity contribution in [1.29, 1.82) is 0 Å². The number of hydrogen-bond donors (Lipinski definition) is 0. The highest BCUT2D eigenvalue weighted by atomic mass is 16.5. The Kier molecular flexibility index (Phi) is 3.65. The Bertz CT molecular complexity index is 506. The quantitative estimate of drug-likeness (QED) is 0.767. The van der Waals surface area contributed by atoms with Crippen LogP contribution in [-0.2, 0) is 4.74 Å². The number of hydrogen-bond acceptors (Lipinski definition) is 4. The summed E-state index contributed by atoms with van der Waals surface area (Å²) in [5.41, 5.74) is 2.78. The van der Waals surface area contributed by atoms with Gasteiger partial charge in [-0.25, -0.2) is 0 Å². The van der Waals surface area contributed by atoms with Gasteiger partial charge in [0.25, 0.3) is 0 Å². The van der Waals surface area contributed by atoms with Crippen LogP contribution >= 0.6 is 0 Å². The first-order valence-electron chi connectivity index (χ1n) is 5.96. The Labute approximate surface area is 107 Å². The van der Waals surface area contributed by atoms with E-state index in [1.165, 1.54) is 0 Å². The van der Waals surface area contributed by atoms with Gasteiger partial charge in [0.05, 0.1) is 25.6 Å². The van der Waals surface area contributed by atoms with Crippen LogP contribution in [0.1, 0.15) is 27.9 Å². The van der Waals surface area contributed by atoms with Crippen LogP contribution in [0.3, 0.4) is 0 Å². The van der Waals surface area contributed by atoms with E-state index in [1.54, 1.807) is 7.11 Å². The minimum absolute atomic E-state index is 0.0180. The standard InChI is InChI=1S/C14H17NO3/c1-9-6-11(13(17-3)7-10(9)2)12(16)8-14-15-4-5-18-14/h6-7H,4-5,8H2,1-3H3. The first-order chi connectivity index (χ1) is 8.61. The molecule has 0 atom stereocenters. The normalized spacial score (nSPS) is 14.1. The second-order valence-electron chi connectivity index (χ2n) is 4.36. The molecule has 0 saturated heterocycles. The van der Waals surface area contributed by atoms with Crippen LogP contribution in [0, 0.1) is 13.8 Å². The van der Waals surface area contributed by atoms with Gasteiger partial charge in [0.2, 0.25) is 0 Å². The topological polar surface area (TPSA) is 47.9 Å². The molecule has 96 valence electrons. The molecule has 1 aromatic rings. The predicted octanol–water partition coefficient (Wildman–Crippen LogP) is 2.31. The fraction of sp³-hybridized carbons (Fsp3) is 0.429. The number of methoxy groups -OCH3 is 1. The molecule has 0 fully saturated rings. The average molecular weight is 247 g/mol. The zero-order valence-electron chi connectivity index (χ0n) is 10.9. The van der Waals surface area contributed by atoms with Crippen molar-refractivity contribution in [2.45, 2.75) is 20.3 Å². The lowest BCUT2D eigenvalue weighted by atomic mass is 10.0. The Hall–Kier alpha value is -1.84. The molecule has 4 nitrogen and oxygen atoms in total. The van der Waals surface area contributed by atoms with Crippen molar-refractivity contribution in [3.05, 3.63) is 28.8 Å². The maximum absolute atomic E-state index is 12.2. The van der Waals surface area contributed by atoms with E-state index in [-0.39, 0.29) is 12.2 Å². The van der Waals surface area contributed by atoms with Crippen molar-refractivity contribution in [1.82, 2.24) is 0 Å². The highest BCUT2D eigenvalue weighted by Crippen LogP contribution is 2.24. The lowest BCUT2D eigenvalue weighted by Crippen LogP contribution is -2.10. The van der Waals surface area contributed by atoms with Crippen molar-refractivity contribution in [3.63, 3.8) is 0 Å². The number of rotatable bonds is 4. The lowest BCUT2D eigenvalue weighted by molar-refractivity contribution is 0.0991. The number of carbonyl (C=O) groups excluding carboxylic acids is 1. The van der Waals surface area contributed by atoms with Crippen LogP contribution in [0.4, 0.5) is 0 Å². The smallest absolute Gasteiger partial charge is 0.191 e. The van der Waals surface area contributed by atoms with E-state index in [2.05, 4.69) is 4.99 Å². The molecule has 0 aliphatic carbocycles. The van der Waals surface area contributed by atoms with Gasteiger partial charge in [-0.15, -0.1) is 0 Å². The van der Waals surface area contributed by atoms with Gasteiger partial charge < -0.3 is 9.47 Å². The van der Waals surface area contributed by atoms with Crippen molar-refractivity contribution in [2.24, 2.45) is 4.99 Å². The molecule has 4 heteroatoms. The minimum atomic E-state index is -0.0180. The summed E-state index contributed by atoms with van der Waals surface area (Å²) in [5, 5.41) is 0. The molecular weight excluding hydrogens is 230 g/mol. The van der Waals surface area contributed by atoms with Gasteiger partial charge in [-0.05, 0) is 37.1 Å². The summed E-state index contributed by atoms with van der Waals surface area (Å²) in [4.78, 5) is 16.3. The number of carbonyl (C=O) groups is 1. The van der Waals surface area contributed by atoms with Gasteiger partial charge in [0.1, 0.15) is 12.4 Å². The number of benzene rings is 1. The van der Waals surface area contributed by atoms with E-state index in [1.807, 2.05) is 26.0 Å².